The first-order valence-corrected chi connectivity index (χ1v) is 10.6. The van der Waals surface area contributed by atoms with E-state index in [-0.39, 0.29) is 35.8 Å². The molecule has 1 aromatic carbocycles. The first kappa shape index (κ1) is 27.0. The van der Waals surface area contributed by atoms with Gasteiger partial charge in [-0.1, -0.05) is 12.8 Å². The minimum Gasteiger partial charge on any atom is -0.497 e. The third kappa shape index (κ3) is 7.86. The average Bonchev–Trinajstić information content (AvgIpc) is 3.24. The van der Waals surface area contributed by atoms with Crippen LogP contribution < -0.4 is 20.7 Å². The molecule has 31 heavy (non-hydrogen) atoms. The molecule has 0 saturated heterocycles. The number of carbonyl (C=O) groups is 2. The van der Waals surface area contributed by atoms with Crippen LogP contribution in [0, 0.1) is 5.41 Å². The van der Waals surface area contributed by atoms with Gasteiger partial charge in [-0.2, -0.15) is 0 Å². The number of rotatable bonds is 9. The largest absolute Gasteiger partial charge is 0.497 e. The predicted molar refractivity (Wildman–Crippen MR) is 134 cm³/mol. The number of ether oxygens (including phenoxy) is 1. The molecule has 0 aliphatic heterocycles. The quantitative estimate of drug-likeness (QED) is 0.192. The van der Waals surface area contributed by atoms with E-state index in [1.807, 2.05) is 6.92 Å². The van der Waals surface area contributed by atoms with Crippen molar-refractivity contribution in [2.45, 2.75) is 32.6 Å². The molecule has 174 valence electrons. The van der Waals surface area contributed by atoms with E-state index in [2.05, 4.69) is 20.9 Å². The van der Waals surface area contributed by atoms with Crippen LogP contribution in [0.4, 0.5) is 0 Å². The van der Waals surface area contributed by atoms with Gasteiger partial charge < -0.3 is 25.6 Å². The first-order chi connectivity index (χ1) is 14.4. The van der Waals surface area contributed by atoms with Crippen molar-refractivity contribution in [2.75, 3.05) is 47.4 Å². The Labute approximate surface area is 202 Å². The van der Waals surface area contributed by atoms with Crippen LogP contribution >= 0.6 is 24.0 Å². The summed E-state index contributed by atoms with van der Waals surface area (Å²) in [6.07, 6.45) is 3.89. The van der Waals surface area contributed by atoms with Crippen LogP contribution in [0.2, 0.25) is 0 Å². The number of nitrogens with zero attached hydrogens (tertiary/aromatic N) is 2. The molecule has 2 rings (SSSR count). The fourth-order valence-corrected chi connectivity index (χ4v) is 3.74. The monoisotopic (exact) mass is 545 g/mol. The number of amides is 2. The highest BCUT2D eigenvalue weighted by Gasteiger charge is 2.42. The molecule has 0 heterocycles. The first-order valence-electron chi connectivity index (χ1n) is 10.6. The van der Waals surface area contributed by atoms with Crippen molar-refractivity contribution in [2.24, 2.45) is 10.4 Å². The topological polar surface area (TPSA) is 95.1 Å². The van der Waals surface area contributed by atoms with E-state index in [0.717, 1.165) is 32.2 Å². The molecular formula is C22H36IN5O3. The van der Waals surface area contributed by atoms with Gasteiger partial charge in [-0.3, -0.25) is 14.6 Å². The SMILES string of the molecule is CCNC(=NCC1(C(=O)N(C)C)CCCC1)NCCNC(=O)c1ccc(OC)cc1.I. The minimum atomic E-state index is -0.394. The lowest BCUT2D eigenvalue weighted by atomic mass is 9.85. The summed E-state index contributed by atoms with van der Waals surface area (Å²) in [5, 5.41) is 9.33. The summed E-state index contributed by atoms with van der Waals surface area (Å²) in [4.78, 5) is 31.3. The molecular weight excluding hydrogens is 509 g/mol. The summed E-state index contributed by atoms with van der Waals surface area (Å²) >= 11 is 0. The molecule has 0 atom stereocenters. The zero-order valence-electron chi connectivity index (χ0n) is 19.0. The highest BCUT2D eigenvalue weighted by atomic mass is 127. The number of nitrogens with one attached hydrogen (secondary N) is 3. The lowest BCUT2D eigenvalue weighted by Crippen LogP contribution is -2.44. The van der Waals surface area contributed by atoms with E-state index < -0.39 is 5.41 Å². The molecule has 1 aliphatic rings. The molecule has 1 aromatic rings. The van der Waals surface area contributed by atoms with Crippen molar-refractivity contribution < 1.29 is 14.3 Å². The van der Waals surface area contributed by atoms with Crippen LogP contribution in [0.3, 0.4) is 0 Å². The number of methoxy groups -OCH3 is 1. The molecule has 0 bridgehead atoms. The fourth-order valence-electron chi connectivity index (χ4n) is 3.74. The lowest BCUT2D eigenvalue weighted by molar-refractivity contribution is -0.138. The Morgan fingerprint density at radius 3 is 2.23 bits per heavy atom. The van der Waals surface area contributed by atoms with Crippen LogP contribution in [0.5, 0.6) is 5.75 Å². The summed E-state index contributed by atoms with van der Waals surface area (Å²) in [5.74, 6) is 1.40. The van der Waals surface area contributed by atoms with Crippen molar-refractivity contribution in [3.8, 4) is 5.75 Å². The number of benzene rings is 1. The molecule has 3 N–H and O–H groups in total. The van der Waals surface area contributed by atoms with Crippen molar-refractivity contribution in [3.05, 3.63) is 29.8 Å². The summed E-state index contributed by atoms with van der Waals surface area (Å²) in [7, 11) is 5.21. The molecule has 1 saturated carbocycles. The van der Waals surface area contributed by atoms with Gasteiger partial charge in [-0.05, 0) is 44.0 Å². The summed E-state index contributed by atoms with van der Waals surface area (Å²) in [5.41, 5.74) is 0.191. The molecule has 2 amide bonds. The number of hydrogen-bond acceptors (Lipinski definition) is 4. The second-order valence-corrected chi connectivity index (χ2v) is 7.79. The number of guanidine groups is 1. The lowest BCUT2D eigenvalue weighted by Gasteiger charge is -2.29. The van der Waals surface area contributed by atoms with Gasteiger partial charge in [-0.15, -0.1) is 24.0 Å². The Morgan fingerprint density at radius 1 is 1.06 bits per heavy atom. The van der Waals surface area contributed by atoms with Crippen molar-refractivity contribution in [3.63, 3.8) is 0 Å². The number of hydrogen-bond donors (Lipinski definition) is 3. The maximum absolute atomic E-state index is 12.7. The zero-order chi connectivity index (χ0) is 22.0. The molecule has 9 heteroatoms. The Hall–Kier alpha value is -2.04. The molecule has 0 unspecified atom stereocenters. The molecule has 0 spiro atoms. The average molecular weight is 545 g/mol. The van der Waals surface area contributed by atoms with E-state index in [1.54, 1.807) is 50.4 Å². The summed E-state index contributed by atoms with van der Waals surface area (Å²) in [6, 6.07) is 6.99. The smallest absolute Gasteiger partial charge is 0.251 e. The van der Waals surface area contributed by atoms with E-state index in [0.29, 0.717) is 36.9 Å². The highest BCUT2D eigenvalue weighted by molar-refractivity contribution is 14.0. The van der Waals surface area contributed by atoms with E-state index in [9.17, 15) is 9.59 Å². The third-order valence-electron chi connectivity index (χ3n) is 5.36. The Balaban J connectivity index is 0.00000480. The number of aliphatic imine (C=N–C) groups is 1. The van der Waals surface area contributed by atoms with Gasteiger partial charge in [0.1, 0.15) is 5.75 Å². The predicted octanol–water partition coefficient (Wildman–Crippen LogP) is 2.25. The van der Waals surface area contributed by atoms with Crippen molar-refractivity contribution in [1.29, 1.82) is 0 Å². The highest BCUT2D eigenvalue weighted by Crippen LogP contribution is 2.39. The van der Waals surface area contributed by atoms with Gasteiger partial charge in [0.15, 0.2) is 5.96 Å². The fraction of sp³-hybridized carbons (Fsp3) is 0.591. The molecule has 1 fully saturated rings. The van der Waals surface area contributed by atoms with Crippen molar-refractivity contribution >= 4 is 41.8 Å². The van der Waals surface area contributed by atoms with Gasteiger partial charge in [0.2, 0.25) is 5.91 Å². The Kier molecular flexibility index (Phi) is 11.7. The third-order valence-corrected chi connectivity index (χ3v) is 5.36. The van der Waals surface area contributed by atoms with Crippen LogP contribution in [-0.4, -0.2) is 70.1 Å². The Morgan fingerprint density at radius 2 is 1.68 bits per heavy atom. The normalized spacial score (nSPS) is 14.9. The zero-order valence-corrected chi connectivity index (χ0v) is 21.3. The van der Waals surface area contributed by atoms with Crippen LogP contribution in [0.15, 0.2) is 29.3 Å². The summed E-state index contributed by atoms with van der Waals surface area (Å²) < 4.78 is 5.11. The van der Waals surface area contributed by atoms with E-state index >= 15 is 0 Å². The standard InChI is InChI=1S/C22H35N5O3.HI/c1-5-23-21(26-16-22(12-6-7-13-22)20(29)27(2)3)25-15-14-24-19(28)17-8-10-18(30-4)11-9-17;/h8-11H,5-7,12-16H2,1-4H3,(H,24,28)(H2,23,25,26);1H. The second-order valence-electron chi connectivity index (χ2n) is 7.79. The van der Waals surface area contributed by atoms with Gasteiger partial charge in [0.05, 0.1) is 19.1 Å². The van der Waals surface area contributed by atoms with Gasteiger partial charge >= 0.3 is 0 Å². The van der Waals surface area contributed by atoms with Crippen LogP contribution in [0.1, 0.15) is 43.0 Å². The van der Waals surface area contributed by atoms with Crippen LogP contribution in [-0.2, 0) is 4.79 Å². The molecule has 8 nitrogen and oxygen atoms in total. The summed E-state index contributed by atoms with van der Waals surface area (Å²) in [6.45, 7) is 4.18. The molecule has 0 radical (unpaired) electrons. The van der Waals surface area contributed by atoms with Gasteiger partial charge in [0.25, 0.3) is 5.91 Å². The Bertz CT molecular complexity index is 731. The number of halogens is 1. The van der Waals surface area contributed by atoms with E-state index in [4.69, 9.17) is 4.74 Å². The van der Waals surface area contributed by atoms with E-state index in [1.165, 1.54) is 0 Å². The molecule has 1 aliphatic carbocycles. The maximum Gasteiger partial charge on any atom is 0.251 e. The van der Waals surface area contributed by atoms with Gasteiger partial charge in [0, 0.05) is 39.3 Å². The maximum atomic E-state index is 12.7. The minimum absolute atomic E-state index is 0. The second kappa shape index (κ2) is 13.4. The molecule has 0 aromatic heterocycles. The van der Waals surface area contributed by atoms with Crippen LogP contribution in [0.25, 0.3) is 0 Å². The van der Waals surface area contributed by atoms with Gasteiger partial charge in [-0.25, -0.2) is 0 Å². The number of carbonyl (C=O) groups excluding carboxylic acids is 2. The van der Waals surface area contributed by atoms with Crippen molar-refractivity contribution in [1.82, 2.24) is 20.9 Å².